The smallest absolute Gasteiger partial charge is 0.262 e. The summed E-state index contributed by atoms with van der Waals surface area (Å²) in [5, 5.41) is 3.12. The summed E-state index contributed by atoms with van der Waals surface area (Å²) >= 11 is 7.35. The van der Waals surface area contributed by atoms with Gasteiger partial charge in [0.1, 0.15) is 10.7 Å². The minimum absolute atomic E-state index is 0.106. The van der Waals surface area contributed by atoms with Crippen molar-refractivity contribution in [2.45, 2.75) is 19.9 Å². The molecule has 0 spiro atoms. The summed E-state index contributed by atoms with van der Waals surface area (Å²) < 4.78 is 1.50. The van der Waals surface area contributed by atoms with E-state index in [0.29, 0.717) is 21.1 Å². The highest BCUT2D eigenvalue weighted by Gasteiger charge is 2.15. The summed E-state index contributed by atoms with van der Waals surface area (Å²) in [6.45, 7) is 1.99. The number of primary amides is 1. The molecule has 0 unspecified atom stereocenters. The molecular weight excluding hydrogens is 334 g/mol. The van der Waals surface area contributed by atoms with Gasteiger partial charge >= 0.3 is 0 Å². The Bertz CT molecular complexity index is 944. The third-order valence-corrected chi connectivity index (χ3v) is 4.75. The highest BCUT2D eigenvalue weighted by Crippen LogP contribution is 2.31. The molecule has 2 aromatic heterocycles. The first-order valence-corrected chi connectivity index (χ1v) is 8.26. The van der Waals surface area contributed by atoms with Crippen LogP contribution in [0.25, 0.3) is 21.3 Å². The number of aryl methyl sites for hydroxylation is 1. The van der Waals surface area contributed by atoms with Crippen molar-refractivity contribution in [2.75, 3.05) is 0 Å². The fraction of sp³-hybridized carbons (Fsp3) is 0.188. The Morgan fingerprint density at radius 3 is 2.70 bits per heavy atom. The van der Waals surface area contributed by atoms with Crippen LogP contribution in [0.2, 0.25) is 5.02 Å². The summed E-state index contributed by atoms with van der Waals surface area (Å²) in [5.41, 5.74) is 6.76. The second kappa shape index (κ2) is 6.14. The number of benzene rings is 1. The summed E-state index contributed by atoms with van der Waals surface area (Å²) in [4.78, 5) is 29.0. The second-order valence-corrected chi connectivity index (χ2v) is 6.46. The Morgan fingerprint density at radius 1 is 1.35 bits per heavy atom. The van der Waals surface area contributed by atoms with Crippen LogP contribution in [0.3, 0.4) is 0 Å². The molecule has 5 nitrogen and oxygen atoms in total. The number of carbonyl (C=O) groups is 1. The number of amides is 1. The largest absolute Gasteiger partial charge is 0.370 e. The van der Waals surface area contributed by atoms with Gasteiger partial charge in [0.05, 0.1) is 5.39 Å². The number of aromatic nitrogens is 2. The fourth-order valence-electron chi connectivity index (χ4n) is 2.45. The SMILES string of the molecule is Cc1nc2scc(-c3ccc(Cl)cc3)c2c(=O)n1CCC(N)=O. The first-order chi connectivity index (χ1) is 11.0. The lowest BCUT2D eigenvalue weighted by Gasteiger charge is -2.09. The molecule has 0 saturated heterocycles. The summed E-state index contributed by atoms with van der Waals surface area (Å²) in [7, 11) is 0. The molecule has 2 N–H and O–H groups in total. The van der Waals surface area contributed by atoms with E-state index >= 15 is 0 Å². The first-order valence-electron chi connectivity index (χ1n) is 7.00. The molecule has 0 atom stereocenters. The zero-order valence-corrected chi connectivity index (χ0v) is 13.9. The molecule has 1 aromatic carbocycles. The van der Waals surface area contributed by atoms with Gasteiger partial charge in [-0.05, 0) is 24.6 Å². The van der Waals surface area contributed by atoms with Crippen molar-refractivity contribution in [2.24, 2.45) is 5.73 Å². The highest BCUT2D eigenvalue weighted by atomic mass is 35.5. The van der Waals surface area contributed by atoms with Gasteiger partial charge in [-0.3, -0.25) is 14.2 Å². The summed E-state index contributed by atoms with van der Waals surface area (Å²) in [6, 6.07) is 7.31. The zero-order chi connectivity index (χ0) is 16.6. The maximum Gasteiger partial charge on any atom is 0.262 e. The van der Waals surface area contributed by atoms with Gasteiger partial charge in [0.15, 0.2) is 0 Å². The van der Waals surface area contributed by atoms with Crippen LogP contribution in [0.4, 0.5) is 0 Å². The molecule has 7 heteroatoms. The van der Waals surface area contributed by atoms with E-state index < -0.39 is 5.91 Å². The molecule has 3 rings (SSSR count). The minimum Gasteiger partial charge on any atom is -0.370 e. The van der Waals surface area contributed by atoms with Crippen LogP contribution in [0, 0.1) is 6.92 Å². The van der Waals surface area contributed by atoms with Crippen molar-refractivity contribution in [3.63, 3.8) is 0 Å². The number of nitrogens with two attached hydrogens (primary N) is 1. The highest BCUT2D eigenvalue weighted by molar-refractivity contribution is 7.17. The van der Waals surface area contributed by atoms with Crippen LogP contribution in [0.1, 0.15) is 12.2 Å². The molecule has 1 amide bonds. The molecule has 23 heavy (non-hydrogen) atoms. The Morgan fingerprint density at radius 2 is 2.04 bits per heavy atom. The van der Waals surface area contributed by atoms with E-state index in [2.05, 4.69) is 4.98 Å². The van der Waals surface area contributed by atoms with Crippen molar-refractivity contribution >= 4 is 39.1 Å². The lowest BCUT2D eigenvalue weighted by atomic mass is 10.1. The van der Waals surface area contributed by atoms with E-state index in [9.17, 15) is 9.59 Å². The topological polar surface area (TPSA) is 78.0 Å². The average Bonchev–Trinajstić information content (AvgIpc) is 2.91. The lowest BCUT2D eigenvalue weighted by Crippen LogP contribution is -2.26. The van der Waals surface area contributed by atoms with Crippen molar-refractivity contribution in [1.29, 1.82) is 0 Å². The molecule has 0 radical (unpaired) electrons. The molecule has 3 aromatic rings. The Hall–Kier alpha value is -2.18. The van der Waals surface area contributed by atoms with Crippen LogP contribution >= 0.6 is 22.9 Å². The number of hydrogen-bond acceptors (Lipinski definition) is 4. The number of halogens is 1. The van der Waals surface area contributed by atoms with Crippen LogP contribution < -0.4 is 11.3 Å². The molecule has 0 aliphatic carbocycles. The third-order valence-electron chi connectivity index (χ3n) is 3.62. The number of fused-ring (bicyclic) bond motifs is 1. The predicted octanol–water partition coefficient (Wildman–Crippen LogP) is 2.96. The number of nitrogens with zero attached hydrogens (tertiary/aromatic N) is 2. The summed E-state index contributed by atoms with van der Waals surface area (Å²) in [5.74, 6) is 0.132. The Kier molecular flexibility index (Phi) is 4.19. The molecule has 118 valence electrons. The van der Waals surface area contributed by atoms with E-state index in [0.717, 1.165) is 11.1 Å². The minimum atomic E-state index is -0.445. The van der Waals surface area contributed by atoms with Gasteiger partial charge in [-0.15, -0.1) is 11.3 Å². The first kappa shape index (κ1) is 15.7. The number of hydrogen-bond donors (Lipinski definition) is 1. The summed E-state index contributed by atoms with van der Waals surface area (Å²) in [6.07, 6.45) is 0.106. The Labute approximate surface area is 141 Å². The van der Waals surface area contributed by atoms with Gasteiger partial charge in [-0.2, -0.15) is 0 Å². The molecule has 2 heterocycles. The van der Waals surface area contributed by atoms with Crippen LogP contribution in [-0.2, 0) is 11.3 Å². The maximum atomic E-state index is 12.8. The van der Waals surface area contributed by atoms with E-state index in [4.69, 9.17) is 17.3 Å². The second-order valence-electron chi connectivity index (χ2n) is 5.17. The lowest BCUT2D eigenvalue weighted by molar-refractivity contribution is -0.118. The van der Waals surface area contributed by atoms with Gasteiger partial charge in [0.25, 0.3) is 5.56 Å². The Balaban J connectivity index is 2.18. The molecule has 0 aliphatic heterocycles. The maximum absolute atomic E-state index is 12.8. The molecular formula is C16H14ClN3O2S. The van der Waals surface area contributed by atoms with Crippen LogP contribution in [0.15, 0.2) is 34.4 Å². The fourth-order valence-corrected chi connectivity index (χ4v) is 3.56. The molecule has 0 bridgehead atoms. The van der Waals surface area contributed by atoms with Gasteiger partial charge < -0.3 is 5.73 Å². The van der Waals surface area contributed by atoms with Crippen molar-refractivity contribution in [3.8, 4) is 11.1 Å². The average molecular weight is 348 g/mol. The number of rotatable bonds is 4. The normalized spacial score (nSPS) is 11.0. The van der Waals surface area contributed by atoms with E-state index in [1.807, 2.05) is 17.5 Å². The van der Waals surface area contributed by atoms with Crippen molar-refractivity contribution < 1.29 is 4.79 Å². The molecule has 0 saturated carbocycles. The quantitative estimate of drug-likeness (QED) is 0.788. The van der Waals surface area contributed by atoms with E-state index in [1.165, 1.54) is 15.9 Å². The monoisotopic (exact) mass is 347 g/mol. The van der Waals surface area contributed by atoms with Gasteiger partial charge in [-0.1, -0.05) is 23.7 Å². The molecule has 0 fully saturated rings. The van der Waals surface area contributed by atoms with Crippen molar-refractivity contribution in [1.82, 2.24) is 9.55 Å². The van der Waals surface area contributed by atoms with Crippen molar-refractivity contribution in [3.05, 3.63) is 50.8 Å². The van der Waals surface area contributed by atoms with E-state index in [-0.39, 0.29) is 18.5 Å². The van der Waals surface area contributed by atoms with Gasteiger partial charge in [0, 0.05) is 28.9 Å². The number of thiophene rings is 1. The standard InChI is InChI=1S/C16H14ClN3O2S/c1-9-19-15-14(16(22)20(9)7-6-13(18)21)12(8-23-15)10-2-4-11(17)5-3-10/h2-5,8H,6-7H2,1H3,(H2,18,21). The van der Waals surface area contributed by atoms with Crippen LogP contribution in [-0.4, -0.2) is 15.5 Å². The van der Waals surface area contributed by atoms with Crippen LogP contribution in [0.5, 0.6) is 0 Å². The molecule has 0 aliphatic rings. The number of carbonyl (C=O) groups excluding carboxylic acids is 1. The van der Waals surface area contributed by atoms with E-state index in [1.54, 1.807) is 19.1 Å². The zero-order valence-electron chi connectivity index (χ0n) is 12.4. The van der Waals surface area contributed by atoms with Gasteiger partial charge in [-0.25, -0.2) is 4.98 Å². The van der Waals surface area contributed by atoms with Gasteiger partial charge in [0.2, 0.25) is 5.91 Å². The predicted molar refractivity (Wildman–Crippen MR) is 92.9 cm³/mol. The third kappa shape index (κ3) is 3.00.